The first-order valence-electron chi connectivity index (χ1n) is 6.44. The Morgan fingerprint density at radius 3 is 2.57 bits per heavy atom. The largest absolute Gasteiger partial charge is 0.478 e. The quantitative estimate of drug-likeness (QED) is 0.910. The Morgan fingerprint density at radius 1 is 1.33 bits per heavy atom. The van der Waals surface area contributed by atoms with Crippen LogP contribution in [0.5, 0.6) is 0 Å². The number of carboxylic acid groups (broad SMARTS) is 1. The molecule has 0 radical (unpaired) electrons. The summed E-state index contributed by atoms with van der Waals surface area (Å²) in [6, 6.07) is 3.41. The number of nitrogens with one attached hydrogen (secondary N) is 1. The maximum atomic E-state index is 13.6. The van der Waals surface area contributed by atoms with Gasteiger partial charge in [-0.05, 0) is 25.1 Å². The summed E-state index contributed by atoms with van der Waals surface area (Å²) < 4.78 is 13.6. The van der Waals surface area contributed by atoms with E-state index in [4.69, 9.17) is 5.11 Å². The van der Waals surface area contributed by atoms with Crippen molar-refractivity contribution in [3.8, 4) is 11.3 Å². The molecule has 0 spiro atoms. The highest BCUT2D eigenvalue weighted by Crippen LogP contribution is 2.23. The summed E-state index contributed by atoms with van der Waals surface area (Å²) in [7, 11) is 0. The number of aromatic amines is 1. The minimum absolute atomic E-state index is 0.00967. The van der Waals surface area contributed by atoms with Crippen LogP contribution in [0.15, 0.2) is 23.0 Å². The number of H-pyrrole nitrogens is 1. The van der Waals surface area contributed by atoms with Crippen LogP contribution in [0.25, 0.3) is 11.3 Å². The Hall–Kier alpha value is -2.50. The molecular formula is C15H15FN2O3. The molecule has 21 heavy (non-hydrogen) atoms. The van der Waals surface area contributed by atoms with Crippen molar-refractivity contribution < 1.29 is 14.3 Å². The van der Waals surface area contributed by atoms with Crippen molar-refractivity contribution in [2.45, 2.75) is 26.7 Å². The molecule has 2 aromatic rings. The van der Waals surface area contributed by atoms with Crippen molar-refractivity contribution in [1.82, 2.24) is 9.97 Å². The zero-order chi connectivity index (χ0) is 15.7. The molecule has 0 bridgehead atoms. The van der Waals surface area contributed by atoms with Gasteiger partial charge in [-0.2, -0.15) is 0 Å². The van der Waals surface area contributed by atoms with Gasteiger partial charge >= 0.3 is 5.97 Å². The average Bonchev–Trinajstić information content (AvgIpc) is 2.40. The molecule has 0 unspecified atom stereocenters. The molecule has 2 N–H and O–H groups in total. The van der Waals surface area contributed by atoms with Gasteiger partial charge in [0.25, 0.3) is 5.56 Å². The van der Waals surface area contributed by atoms with Gasteiger partial charge in [0.15, 0.2) is 0 Å². The van der Waals surface area contributed by atoms with E-state index >= 15 is 0 Å². The van der Waals surface area contributed by atoms with Gasteiger partial charge < -0.3 is 10.1 Å². The van der Waals surface area contributed by atoms with E-state index in [-0.39, 0.29) is 22.6 Å². The fourth-order valence-corrected chi connectivity index (χ4v) is 1.95. The molecule has 0 aliphatic rings. The maximum Gasteiger partial charge on any atom is 0.335 e. The van der Waals surface area contributed by atoms with Gasteiger partial charge in [-0.1, -0.05) is 13.8 Å². The summed E-state index contributed by atoms with van der Waals surface area (Å²) in [5.41, 5.74) is 0.395. The number of rotatable bonds is 3. The third kappa shape index (κ3) is 2.99. The molecule has 1 aromatic heterocycles. The van der Waals surface area contributed by atoms with E-state index in [1.54, 1.807) is 6.92 Å². The van der Waals surface area contributed by atoms with Crippen molar-refractivity contribution >= 4 is 5.97 Å². The van der Waals surface area contributed by atoms with Crippen molar-refractivity contribution in [3.63, 3.8) is 0 Å². The van der Waals surface area contributed by atoms with Gasteiger partial charge in [0.1, 0.15) is 11.6 Å². The first-order valence-corrected chi connectivity index (χ1v) is 6.44. The first-order chi connectivity index (χ1) is 9.79. The topological polar surface area (TPSA) is 83.0 Å². The van der Waals surface area contributed by atoms with E-state index in [0.29, 0.717) is 17.1 Å². The zero-order valence-electron chi connectivity index (χ0n) is 11.9. The number of carboxylic acids is 1. The second-order valence-corrected chi connectivity index (χ2v) is 5.11. The SMILES string of the molecule is Cc1c(-c2cc(F)cc(C(=O)O)c2)nc(C(C)C)[nH]c1=O. The summed E-state index contributed by atoms with van der Waals surface area (Å²) in [5.74, 6) is -1.45. The molecular weight excluding hydrogens is 275 g/mol. The fraction of sp³-hybridized carbons (Fsp3) is 0.267. The molecule has 110 valence electrons. The number of nitrogens with zero attached hydrogens (tertiary/aromatic N) is 1. The molecule has 0 aliphatic carbocycles. The third-order valence-corrected chi connectivity index (χ3v) is 3.13. The summed E-state index contributed by atoms with van der Waals surface area (Å²) >= 11 is 0. The standard InChI is InChI=1S/C15H15FN2O3/c1-7(2)13-17-12(8(3)14(19)18-13)9-4-10(15(20)21)6-11(16)5-9/h4-7H,1-3H3,(H,20,21)(H,17,18,19). The van der Waals surface area contributed by atoms with E-state index < -0.39 is 11.8 Å². The summed E-state index contributed by atoms with van der Waals surface area (Å²) in [5, 5.41) is 8.99. The Balaban J connectivity index is 2.72. The monoisotopic (exact) mass is 290 g/mol. The average molecular weight is 290 g/mol. The molecule has 0 fully saturated rings. The van der Waals surface area contributed by atoms with Crippen molar-refractivity contribution in [2.24, 2.45) is 0 Å². The molecule has 0 saturated carbocycles. The minimum atomic E-state index is -1.23. The van der Waals surface area contributed by atoms with Crippen molar-refractivity contribution in [1.29, 1.82) is 0 Å². The van der Waals surface area contributed by atoms with Crippen LogP contribution in [0.3, 0.4) is 0 Å². The molecule has 5 nitrogen and oxygen atoms in total. The lowest BCUT2D eigenvalue weighted by molar-refractivity contribution is 0.0696. The fourth-order valence-electron chi connectivity index (χ4n) is 1.95. The Morgan fingerprint density at radius 2 is 2.00 bits per heavy atom. The Bertz CT molecular complexity index is 766. The molecule has 0 atom stereocenters. The lowest BCUT2D eigenvalue weighted by Gasteiger charge is -2.10. The number of hydrogen-bond acceptors (Lipinski definition) is 3. The highest BCUT2D eigenvalue weighted by atomic mass is 19.1. The number of benzene rings is 1. The number of halogens is 1. The Labute approximate surface area is 120 Å². The van der Waals surface area contributed by atoms with Gasteiger partial charge in [0.05, 0.1) is 11.3 Å². The zero-order valence-corrected chi connectivity index (χ0v) is 11.9. The number of hydrogen-bond donors (Lipinski definition) is 2. The van der Waals surface area contributed by atoms with Gasteiger partial charge in [-0.3, -0.25) is 4.79 Å². The van der Waals surface area contributed by atoms with Crippen LogP contribution < -0.4 is 5.56 Å². The van der Waals surface area contributed by atoms with Crippen LogP contribution in [0.4, 0.5) is 4.39 Å². The lowest BCUT2D eigenvalue weighted by Crippen LogP contribution is -2.17. The molecule has 1 aromatic carbocycles. The molecule has 6 heteroatoms. The van der Waals surface area contributed by atoms with Crippen LogP contribution >= 0.6 is 0 Å². The van der Waals surface area contributed by atoms with Crippen LogP contribution in [-0.4, -0.2) is 21.0 Å². The molecule has 0 saturated heterocycles. The lowest BCUT2D eigenvalue weighted by atomic mass is 10.0. The smallest absolute Gasteiger partial charge is 0.335 e. The second kappa shape index (κ2) is 5.47. The van der Waals surface area contributed by atoms with Crippen LogP contribution in [-0.2, 0) is 0 Å². The minimum Gasteiger partial charge on any atom is -0.478 e. The number of carbonyl (C=O) groups is 1. The first kappa shape index (κ1) is 14.9. The van der Waals surface area contributed by atoms with E-state index in [2.05, 4.69) is 9.97 Å². The van der Waals surface area contributed by atoms with Gasteiger partial charge in [0, 0.05) is 17.0 Å². The third-order valence-electron chi connectivity index (χ3n) is 3.13. The molecule has 0 amide bonds. The summed E-state index contributed by atoms with van der Waals surface area (Å²) in [4.78, 5) is 29.9. The van der Waals surface area contributed by atoms with E-state index in [1.807, 2.05) is 13.8 Å². The van der Waals surface area contributed by atoms with E-state index in [1.165, 1.54) is 12.1 Å². The van der Waals surface area contributed by atoms with Crippen LogP contribution in [0.2, 0.25) is 0 Å². The van der Waals surface area contributed by atoms with E-state index in [0.717, 1.165) is 6.07 Å². The molecule has 2 rings (SSSR count). The van der Waals surface area contributed by atoms with Crippen LogP contribution in [0.1, 0.15) is 41.5 Å². The van der Waals surface area contributed by atoms with Crippen molar-refractivity contribution in [2.75, 3.05) is 0 Å². The number of aromatic carboxylic acids is 1. The highest BCUT2D eigenvalue weighted by molar-refractivity contribution is 5.89. The van der Waals surface area contributed by atoms with Gasteiger partial charge in [-0.15, -0.1) is 0 Å². The summed E-state index contributed by atoms with van der Waals surface area (Å²) in [6.07, 6.45) is 0. The predicted molar refractivity (Wildman–Crippen MR) is 76.0 cm³/mol. The molecule has 1 heterocycles. The molecule has 0 aliphatic heterocycles. The highest BCUT2D eigenvalue weighted by Gasteiger charge is 2.15. The van der Waals surface area contributed by atoms with Crippen molar-refractivity contribution in [3.05, 3.63) is 51.3 Å². The van der Waals surface area contributed by atoms with E-state index in [9.17, 15) is 14.0 Å². The predicted octanol–water partition coefficient (Wildman–Crippen LogP) is 2.71. The number of aromatic nitrogens is 2. The summed E-state index contributed by atoms with van der Waals surface area (Å²) in [6.45, 7) is 5.30. The maximum absolute atomic E-state index is 13.6. The Kier molecular flexibility index (Phi) is 3.88. The normalized spacial score (nSPS) is 10.9. The van der Waals surface area contributed by atoms with Gasteiger partial charge in [-0.25, -0.2) is 14.2 Å². The second-order valence-electron chi connectivity index (χ2n) is 5.11. The van der Waals surface area contributed by atoms with Crippen LogP contribution in [0, 0.1) is 12.7 Å². The van der Waals surface area contributed by atoms with Gasteiger partial charge in [0.2, 0.25) is 0 Å².